The van der Waals surface area contributed by atoms with Gasteiger partial charge in [-0.2, -0.15) is 0 Å². The van der Waals surface area contributed by atoms with E-state index in [0.717, 1.165) is 5.56 Å². The van der Waals surface area contributed by atoms with Gasteiger partial charge in [0, 0.05) is 11.6 Å². The quantitative estimate of drug-likeness (QED) is 0.854. The van der Waals surface area contributed by atoms with E-state index in [1.165, 1.54) is 11.0 Å². The second-order valence-electron chi connectivity index (χ2n) is 6.09. The third-order valence-corrected chi connectivity index (χ3v) is 3.12. The fraction of sp³-hybridized carbons (Fsp3) is 0.353. The number of hydrogen-bond acceptors (Lipinski definition) is 5. The largest absolute Gasteiger partial charge is 0.443 e. The Kier molecular flexibility index (Phi) is 5.75. The van der Waals surface area contributed by atoms with E-state index in [0.29, 0.717) is 5.82 Å². The number of rotatable bonds is 4. The van der Waals surface area contributed by atoms with Crippen LogP contribution in [0.4, 0.5) is 10.6 Å². The number of aliphatic hydroxyl groups is 1. The average Bonchev–Trinajstić information content (AvgIpc) is 2.51. The number of aromatic nitrogens is 2. The van der Waals surface area contributed by atoms with Gasteiger partial charge in [0.15, 0.2) is 5.82 Å². The molecule has 6 nitrogen and oxygen atoms in total. The molecule has 1 amide bonds. The van der Waals surface area contributed by atoms with Crippen LogP contribution in [0.3, 0.4) is 0 Å². The van der Waals surface area contributed by atoms with E-state index in [4.69, 9.17) is 16.3 Å². The molecule has 0 aliphatic heterocycles. The number of carbonyl (C=O) groups excluding carboxylic acids is 1. The number of benzene rings is 1. The summed E-state index contributed by atoms with van der Waals surface area (Å²) in [7, 11) is 0. The van der Waals surface area contributed by atoms with E-state index < -0.39 is 11.7 Å². The minimum Gasteiger partial charge on any atom is -0.443 e. The lowest BCUT2D eigenvalue weighted by atomic mass is 10.2. The van der Waals surface area contributed by atoms with Gasteiger partial charge in [-0.1, -0.05) is 41.9 Å². The van der Waals surface area contributed by atoms with Crippen molar-refractivity contribution in [2.24, 2.45) is 0 Å². The maximum Gasteiger partial charge on any atom is 0.416 e. The van der Waals surface area contributed by atoms with Crippen LogP contribution < -0.4 is 4.90 Å². The minimum absolute atomic E-state index is 0.0382. The molecule has 7 heteroatoms. The van der Waals surface area contributed by atoms with Gasteiger partial charge in [-0.3, -0.25) is 4.90 Å². The normalized spacial score (nSPS) is 11.2. The first kappa shape index (κ1) is 18.2. The Morgan fingerprint density at radius 2 is 1.92 bits per heavy atom. The van der Waals surface area contributed by atoms with Crippen molar-refractivity contribution >= 4 is 23.5 Å². The summed E-state index contributed by atoms with van der Waals surface area (Å²) in [5.41, 5.74) is 0.110. The van der Waals surface area contributed by atoms with Crippen LogP contribution in [0.5, 0.6) is 0 Å². The van der Waals surface area contributed by atoms with Gasteiger partial charge >= 0.3 is 6.09 Å². The number of hydrogen-bond donors (Lipinski definition) is 1. The van der Waals surface area contributed by atoms with Crippen LogP contribution in [0.1, 0.15) is 20.8 Å². The van der Waals surface area contributed by atoms with Gasteiger partial charge in [0.05, 0.1) is 13.2 Å². The van der Waals surface area contributed by atoms with Crippen molar-refractivity contribution in [1.82, 2.24) is 9.97 Å². The van der Waals surface area contributed by atoms with Crippen molar-refractivity contribution in [3.8, 4) is 11.4 Å². The monoisotopic (exact) mass is 349 g/mol. The number of ether oxygens (including phenoxy) is 1. The molecule has 0 saturated heterocycles. The molecule has 1 aromatic heterocycles. The minimum atomic E-state index is -0.663. The molecule has 2 aromatic rings. The summed E-state index contributed by atoms with van der Waals surface area (Å²) < 4.78 is 5.36. The van der Waals surface area contributed by atoms with Gasteiger partial charge in [0.1, 0.15) is 16.6 Å². The molecule has 0 unspecified atom stereocenters. The zero-order valence-corrected chi connectivity index (χ0v) is 14.6. The second kappa shape index (κ2) is 7.59. The van der Waals surface area contributed by atoms with Crippen LogP contribution in [-0.4, -0.2) is 39.9 Å². The third kappa shape index (κ3) is 4.91. The third-order valence-electron chi connectivity index (χ3n) is 2.93. The van der Waals surface area contributed by atoms with Gasteiger partial charge in [-0.05, 0) is 20.8 Å². The van der Waals surface area contributed by atoms with Crippen molar-refractivity contribution in [3.63, 3.8) is 0 Å². The molecule has 1 aromatic carbocycles. The lowest BCUT2D eigenvalue weighted by Gasteiger charge is -2.26. The van der Waals surface area contributed by atoms with E-state index >= 15 is 0 Å². The zero-order chi connectivity index (χ0) is 17.7. The summed E-state index contributed by atoms with van der Waals surface area (Å²) >= 11 is 6.09. The zero-order valence-electron chi connectivity index (χ0n) is 13.9. The molecule has 0 fully saturated rings. The lowest BCUT2D eigenvalue weighted by Crippen LogP contribution is -2.39. The summed E-state index contributed by atoms with van der Waals surface area (Å²) in [5.74, 6) is 0.668. The summed E-state index contributed by atoms with van der Waals surface area (Å²) in [6.07, 6.45) is -0.606. The Morgan fingerprint density at radius 1 is 1.25 bits per heavy atom. The smallest absolute Gasteiger partial charge is 0.416 e. The van der Waals surface area contributed by atoms with E-state index in [1.807, 2.05) is 30.3 Å². The molecule has 2 rings (SSSR count). The second-order valence-corrected chi connectivity index (χ2v) is 6.48. The van der Waals surface area contributed by atoms with Gasteiger partial charge in [0.25, 0.3) is 0 Å². The molecule has 1 N–H and O–H groups in total. The van der Waals surface area contributed by atoms with Crippen LogP contribution in [0.2, 0.25) is 5.15 Å². The maximum absolute atomic E-state index is 12.4. The van der Waals surface area contributed by atoms with Crippen molar-refractivity contribution < 1.29 is 14.6 Å². The van der Waals surface area contributed by atoms with Gasteiger partial charge in [-0.25, -0.2) is 14.8 Å². The van der Waals surface area contributed by atoms with Crippen molar-refractivity contribution in [2.75, 3.05) is 18.1 Å². The highest BCUT2D eigenvalue weighted by molar-refractivity contribution is 6.29. The molecule has 128 valence electrons. The number of aliphatic hydroxyl groups excluding tert-OH is 1. The molecule has 1 heterocycles. The van der Waals surface area contributed by atoms with Crippen LogP contribution in [0.15, 0.2) is 36.4 Å². The van der Waals surface area contributed by atoms with Gasteiger partial charge in [0.2, 0.25) is 0 Å². The molecule has 0 radical (unpaired) electrons. The number of carbonyl (C=O) groups is 1. The molecular formula is C17H20ClN3O3. The summed E-state index contributed by atoms with van der Waals surface area (Å²) in [6.45, 7) is 5.11. The lowest BCUT2D eigenvalue weighted by molar-refractivity contribution is 0.0572. The van der Waals surface area contributed by atoms with E-state index in [-0.39, 0.29) is 24.1 Å². The Morgan fingerprint density at radius 3 is 2.50 bits per heavy atom. The Bertz CT molecular complexity index is 702. The van der Waals surface area contributed by atoms with Crippen molar-refractivity contribution in [2.45, 2.75) is 26.4 Å². The molecule has 0 bridgehead atoms. The molecular weight excluding hydrogens is 330 g/mol. The van der Waals surface area contributed by atoms with Crippen LogP contribution in [-0.2, 0) is 4.74 Å². The van der Waals surface area contributed by atoms with Crippen molar-refractivity contribution in [3.05, 3.63) is 41.6 Å². The predicted molar refractivity (Wildman–Crippen MR) is 93.1 cm³/mol. The fourth-order valence-electron chi connectivity index (χ4n) is 1.98. The van der Waals surface area contributed by atoms with Gasteiger partial charge in [-0.15, -0.1) is 0 Å². The number of amides is 1. The Balaban J connectivity index is 2.40. The van der Waals surface area contributed by atoms with E-state index in [2.05, 4.69) is 9.97 Å². The summed E-state index contributed by atoms with van der Waals surface area (Å²) in [5, 5.41) is 9.47. The topological polar surface area (TPSA) is 75.5 Å². The first-order valence-electron chi connectivity index (χ1n) is 7.51. The van der Waals surface area contributed by atoms with E-state index in [9.17, 15) is 9.90 Å². The Hall–Kier alpha value is -2.18. The number of halogens is 1. The highest BCUT2D eigenvalue weighted by atomic mass is 35.5. The number of nitrogens with zero attached hydrogens (tertiary/aromatic N) is 3. The Labute approximate surface area is 146 Å². The molecule has 0 atom stereocenters. The fourth-order valence-corrected chi connectivity index (χ4v) is 2.15. The van der Waals surface area contributed by atoms with Gasteiger partial charge < -0.3 is 9.84 Å². The first-order valence-corrected chi connectivity index (χ1v) is 7.89. The highest BCUT2D eigenvalue weighted by Crippen LogP contribution is 2.23. The molecule has 0 spiro atoms. The van der Waals surface area contributed by atoms with Crippen LogP contribution >= 0.6 is 11.6 Å². The standard InChI is InChI=1S/C17H20ClN3O3/c1-17(2,3)24-16(23)21(9-10-22)14-11-13(18)19-15(20-14)12-7-5-4-6-8-12/h4-8,11,22H,9-10H2,1-3H3. The number of anilines is 1. The summed E-state index contributed by atoms with van der Waals surface area (Å²) in [4.78, 5) is 22.2. The molecule has 0 aliphatic carbocycles. The van der Waals surface area contributed by atoms with Crippen LogP contribution in [0.25, 0.3) is 11.4 Å². The van der Waals surface area contributed by atoms with Crippen molar-refractivity contribution in [1.29, 1.82) is 0 Å². The average molecular weight is 350 g/mol. The van der Waals surface area contributed by atoms with E-state index in [1.54, 1.807) is 20.8 Å². The molecule has 24 heavy (non-hydrogen) atoms. The summed E-state index contributed by atoms with van der Waals surface area (Å²) in [6, 6.07) is 10.8. The highest BCUT2D eigenvalue weighted by Gasteiger charge is 2.25. The van der Waals surface area contributed by atoms with Crippen LogP contribution in [0, 0.1) is 0 Å². The first-order chi connectivity index (χ1) is 11.3. The molecule has 0 saturated carbocycles. The SMILES string of the molecule is CC(C)(C)OC(=O)N(CCO)c1cc(Cl)nc(-c2ccccc2)n1. The molecule has 0 aliphatic rings. The maximum atomic E-state index is 12.4. The predicted octanol–water partition coefficient (Wildman–Crippen LogP) is 3.53.